The number of hydrogen-bond acceptors (Lipinski definition) is 5. The lowest BCUT2D eigenvalue weighted by Gasteiger charge is -2.45. The Kier molecular flexibility index (Phi) is 6.53. The minimum Gasteiger partial charge on any atom is -0.373 e. The van der Waals surface area contributed by atoms with Gasteiger partial charge in [-0.1, -0.05) is 13.8 Å². The second kappa shape index (κ2) is 8.63. The van der Waals surface area contributed by atoms with Crippen molar-refractivity contribution in [3.8, 4) is 0 Å². The number of fused-ring (bicyclic) bond motifs is 1. The fourth-order valence-corrected chi connectivity index (χ4v) is 4.07. The summed E-state index contributed by atoms with van der Waals surface area (Å²) in [5.74, 6) is 0.152. The number of morpholine rings is 1. The standard InChI is InChI=1S/C23H37N5O2/c1-14(2)20-9-18(19-10-25-28(15(3)4)21(19)26-20)22(29)24-13-23(7,8)27-11-16(5)30-17(6)12-27/h9-10,14-17H,11-13H2,1-8H3,(H,24,29)/t16-,17-/m0/s1. The molecule has 7 nitrogen and oxygen atoms in total. The van der Waals surface area contributed by atoms with E-state index in [0.717, 1.165) is 29.8 Å². The maximum Gasteiger partial charge on any atom is 0.252 e. The first-order valence-electron chi connectivity index (χ1n) is 11.1. The number of rotatable bonds is 6. The third-order valence-corrected chi connectivity index (χ3v) is 5.87. The lowest BCUT2D eigenvalue weighted by atomic mass is 9.99. The van der Waals surface area contributed by atoms with Gasteiger partial charge in [0.05, 0.1) is 29.4 Å². The molecule has 1 amide bonds. The molecule has 1 aliphatic rings. The Hall–Kier alpha value is -1.99. The molecule has 1 fully saturated rings. The van der Waals surface area contributed by atoms with Crippen molar-refractivity contribution in [1.82, 2.24) is 25.0 Å². The molecule has 0 aromatic carbocycles. The van der Waals surface area contributed by atoms with Crippen molar-refractivity contribution < 1.29 is 9.53 Å². The van der Waals surface area contributed by atoms with Crippen LogP contribution in [0.2, 0.25) is 0 Å². The van der Waals surface area contributed by atoms with E-state index < -0.39 is 0 Å². The summed E-state index contributed by atoms with van der Waals surface area (Å²) in [5.41, 5.74) is 2.16. The largest absolute Gasteiger partial charge is 0.373 e. The third kappa shape index (κ3) is 4.67. The third-order valence-electron chi connectivity index (χ3n) is 5.87. The van der Waals surface area contributed by atoms with Crippen LogP contribution in [-0.2, 0) is 4.74 Å². The van der Waals surface area contributed by atoms with Crippen molar-refractivity contribution in [1.29, 1.82) is 0 Å². The van der Waals surface area contributed by atoms with E-state index in [0.29, 0.717) is 12.1 Å². The average Bonchev–Trinajstić information content (AvgIpc) is 3.08. The Balaban J connectivity index is 1.84. The SMILES string of the molecule is CC(C)c1cc(C(=O)NCC(C)(C)N2C[C@H](C)O[C@@H](C)C2)c2cnn(C(C)C)c2n1. The van der Waals surface area contributed by atoms with Gasteiger partial charge in [-0.15, -0.1) is 0 Å². The zero-order valence-corrected chi connectivity index (χ0v) is 19.7. The Bertz CT molecular complexity index is 892. The van der Waals surface area contributed by atoms with Gasteiger partial charge < -0.3 is 10.1 Å². The van der Waals surface area contributed by atoms with E-state index in [1.165, 1.54) is 0 Å². The van der Waals surface area contributed by atoms with Crippen LogP contribution in [0.15, 0.2) is 12.3 Å². The molecule has 2 aromatic rings. The van der Waals surface area contributed by atoms with E-state index in [4.69, 9.17) is 9.72 Å². The second-order valence-corrected chi connectivity index (χ2v) is 9.83. The van der Waals surface area contributed by atoms with E-state index in [9.17, 15) is 4.79 Å². The predicted octanol–water partition coefficient (Wildman–Crippen LogP) is 3.75. The van der Waals surface area contributed by atoms with Gasteiger partial charge >= 0.3 is 0 Å². The van der Waals surface area contributed by atoms with Crippen LogP contribution in [-0.4, -0.2) is 63.0 Å². The minimum atomic E-state index is -0.170. The highest BCUT2D eigenvalue weighted by Crippen LogP contribution is 2.25. The summed E-state index contributed by atoms with van der Waals surface area (Å²) in [7, 11) is 0. The summed E-state index contributed by atoms with van der Waals surface area (Å²) in [6.07, 6.45) is 2.15. The lowest BCUT2D eigenvalue weighted by molar-refractivity contribution is -0.0948. The number of carbonyl (C=O) groups is 1. The molecule has 0 spiro atoms. The second-order valence-electron chi connectivity index (χ2n) is 9.83. The van der Waals surface area contributed by atoms with Crippen LogP contribution >= 0.6 is 0 Å². The summed E-state index contributed by atoms with van der Waals surface area (Å²) < 4.78 is 7.75. The summed E-state index contributed by atoms with van der Waals surface area (Å²) >= 11 is 0. The number of nitrogens with zero attached hydrogens (tertiary/aromatic N) is 4. The Morgan fingerprint density at radius 3 is 2.43 bits per heavy atom. The van der Waals surface area contributed by atoms with E-state index >= 15 is 0 Å². The van der Waals surface area contributed by atoms with Gasteiger partial charge in [-0.05, 0) is 53.5 Å². The molecule has 3 rings (SSSR count). The number of ether oxygens (including phenoxy) is 1. The summed E-state index contributed by atoms with van der Waals surface area (Å²) in [4.78, 5) is 20.5. The molecule has 30 heavy (non-hydrogen) atoms. The van der Waals surface area contributed by atoms with Gasteiger partial charge in [0.25, 0.3) is 5.91 Å². The molecule has 3 heterocycles. The van der Waals surface area contributed by atoms with E-state index in [1.54, 1.807) is 6.20 Å². The minimum absolute atomic E-state index is 0.0740. The molecule has 2 atom stereocenters. The molecule has 1 saturated heterocycles. The maximum absolute atomic E-state index is 13.3. The first kappa shape index (κ1) is 22.7. The average molecular weight is 416 g/mol. The highest BCUT2D eigenvalue weighted by molar-refractivity contribution is 6.05. The molecule has 2 aromatic heterocycles. The number of aromatic nitrogens is 3. The molecule has 166 valence electrons. The molecule has 1 N–H and O–H groups in total. The fraction of sp³-hybridized carbons (Fsp3) is 0.696. The van der Waals surface area contributed by atoms with Gasteiger partial charge in [0.1, 0.15) is 0 Å². The van der Waals surface area contributed by atoms with Crippen LogP contribution < -0.4 is 5.32 Å². The van der Waals surface area contributed by atoms with Gasteiger partial charge in [-0.2, -0.15) is 5.10 Å². The number of hydrogen-bond donors (Lipinski definition) is 1. The first-order valence-corrected chi connectivity index (χ1v) is 11.1. The molecule has 7 heteroatoms. The maximum atomic E-state index is 13.3. The van der Waals surface area contributed by atoms with Gasteiger partial charge in [0.15, 0.2) is 5.65 Å². The quantitative estimate of drug-likeness (QED) is 0.778. The highest BCUT2D eigenvalue weighted by Gasteiger charge is 2.33. The molecule has 0 saturated carbocycles. The molecule has 0 unspecified atom stereocenters. The van der Waals surface area contributed by atoms with Gasteiger partial charge in [0.2, 0.25) is 0 Å². The first-order chi connectivity index (χ1) is 14.0. The van der Waals surface area contributed by atoms with Crippen molar-refractivity contribution >= 4 is 16.9 Å². The van der Waals surface area contributed by atoms with Crippen LogP contribution in [0, 0.1) is 0 Å². The van der Waals surface area contributed by atoms with Gasteiger partial charge in [-0.25, -0.2) is 9.67 Å². The Morgan fingerprint density at radius 1 is 1.23 bits per heavy atom. The molecule has 1 aliphatic heterocycles. The highest BCUT2D eigenvalue weighted by atomic mass is 16.5. The zero-order chi connectivity index (χ0) is 22.2. The lowest BCUT2D eigenvalue weighted by Crippen LogP contribution is -2.58. The van der Waals surface area contributed by atoms with Crippen LogP contribution in [0.1, 0.15) is 83.4 Å². The molecular formula is C23H37N5O2. The van der Waals surface area contributed by atoms with Crippen LogP contribution in [0.5, 0.6) is 0 Å². The normalized spacial score (nSPS) is 21.0. The fourth-order valence-electron chi connectivity index (χ4n) is 4.07. The Labute approximate surface area is 180 Å². The summed E-state index contributed by atoms with van der Waals surface area (Å²) in [5, 5.41) is 8.47. The monoisotopic (exact) mass is 415 g/mol. The van der Waals surface area contributed by atoms with Crippen molar-refractivity contribution in [2.24, 2.45) is 0 Å². The molecular weight excluding hydrogens is 378 g/mol. The van der Waals surface area contributed by atoms with Gasteiger partial charge in [0, 0.05) is 36.9 Å². The van der Waals surface area contributed by atoms with Crippen LogP contribution in [0.4, 0.5) is 0 Å². The van der Waals surface area contributed by atoms with Crippen molar-refractivity contribution in [2.45, 2.75) is 85.1 Å². The number of amides is 1. The number of pyridine rings is 1. The topological polar surface area (TPSA) is 72.3 Å². The number of nitrogens with one attached hydrogen (secondary N) is 1. The van der Waals surface area contributed by atoms with Crippen molar-refractivity contribution in [2.75, 3.05) is 19.6 Å². The smallest absolute Gasteiger partial charge is 0.252 e. The zero-order valence-electron chi connectivity index (χ0n) is 19.7. The predicted molar refractivity (Wildman–Crippen MR) is 120 cm³/mol. The number of carbonyl (C=O) groups excluding carboxylic acids is 1. The van der Waals surface area contributed by atoms with Crippen LogP contribution in [0.3, 0.4) is 0 Å². The summed E-state index contributed by atoms with van der Waals surface area (Å²) in [6.45, 7) is 19.2. The van der Waals surface area contributed by atoms with E-state index in [2.05, 4.69) is 70.7 Å². The van der Waals surface area contributed by atoms with Crippen LogP contribution in [0.25, 0.3) is 11.0 Å². The molecule has 0 bridgehead atoms. The Morgan fingerprint density at radius 2 is 1.87 bits per heavy atom. The van der Waals surface area contributed by atoms with Crippen molar-refractivity contribution in [3.63, 3.8) is 0 Å². The molecule has 0 aliphatic carbocycles. The summed E-state index contributed by atoms with van der Waals surface area (Å²) in [6, 6.07) is 2.10. The van der Waals surface area contributed by atoms with Crippen molar-refractivity contribution in [3.05, 3.63) is 23.5 Å². The molecule has 0 radical (unpaired) electrons. The van der Waals surface area contributed by atoms with E-state index in [-0.39, 0.29) is 35.6 Å². The van der Waals surface area contributed by atoms with E-state index in [1.807, 2.05) is 10.7 Å². The van der Waals surface area contributed by atoms with Gasteiger partial charge in [-0.3, -0.25) is 9.69 Å².